The highest BCUT2D eigenvalue weighted by Gasteiger charge is 2.35. The second-order valence-corrected chi connectivity index (χ2v) is 8.95. The van der Waals surface area contributed by atoms with Crippen LogP contribution in [0.3, 0.4) is 0 Å². The second kappa shape index (κ2) is 8.43. The van der Waals surface area contributed by atoms with Crippen molar-refractivity contribution in [1.82, 2.24) is 15.1 Å². The van der Waals surface area contributed by atoms with E-state index < -0.39 is 0 Å². The molecule has 0 saturated carbocycles. The van der Waals surface area contributed by atoms with Crippen LogP contribution in [-0.4, -0.2) is 60.9 Å². The predicted molar refractivity (Wildman–Crippen MR) is 125 cm³/mol. The Morgan fingerprint density at radius 1 is 1.12 bits per heavy atom. The van der Waals surface area contributed by atoms with E-state index in [1.807, 2.05) is 55.5 Å². The van der Waals surface area contributed by atoms with Crippen LogP contribution in [0.2, 0.25) is 0 Å². The van der Waals surface area contributed by atoms with Gasteiger partial charge in [0.1, 0.15) is 5.58 Å². The first-order chi connectivity index (χ1) is 15.5. The monoisotopic (exact) mass is 431 g/mol. The van der Waals surface area contributed by atoms with Gasteiger partial charge in [-0.2, -0.15) is 0 Å². The van der Waals surface area contributed by atoms with Crippen molar-refractivity contribution in [3.8, 4) is 11.1 Å². The van der Waals surface area contributed by atoms with Gasteiger partial charge in [-0.15, -0.1) is 0 Å². The van der Waals surface area contributed by atoms with E-state index in [1.54, 1.807) is 11.9 Å². The number of hydrogen-bond donors (Lipinski definition) is 1. The Morgan fingerprint density at radius 2 is 1.91 bits per heavy atom. The quantitative estimate of drug-likeness (QED) is 0.663. The van der Waals surface area contributed by atoms with Crippen LogP contribution in [0.4, 0.5) is 0 Å². The largest absolute Gasteiger partial charge is 0.450 e. The van der Waals surface area contributed by atoms with Gasteiger partial charge in [-0.3, -0.25) is 9.59 Å². The van der Waals surface area contributed by atoms with Crippen molar-refractivity contribution in [1.29, 1.82) is 0 Å². The molecule has 166 valence electrons. The third-order valence-corrected chi connectivity index (χ3v) is 6.98. The molecule has 1 aromatic heterocycles. The minimum atomic E-state index is -0.153. The summed E-state index contributed by atoms with van der Waals surface area (Å²) in [7, 11) is 1.79. The van der Waals surface area contributed by atoms with Crippen LogP contribution in [-0.2, 0) is 0 Å². The highest BCUT2D eigenvalue weighted by Crippen LogP contribution is 2.32. The minimum absolute atomic E-state index is 0.0152. The summed E-state index contributed by atoms with van der Waals surface area (Å²) in [5, 5.41) is 4.08. The fourth-order valence-electron chi connectivity index (χ4n) is 4.95. The fraction of sp³-hybridized carbons (Fsp3) is 0.385. The molecule has 2 bridgehead atoms. The van der Waals surface area contributed by atoms with E-state index in [4.69, 9.17) is 4.42 Å². The van der Waals surface area contributed by atoms with E-state index in [9.17, 15) is 9.59 Å². The molecule has 3 fully saturated rings. The molecule has 6 nitrogen and oxygen atoms in total. The topological polar surface area (TPSA) is 65.8 Å². The highest BCUT2D eigenvalue weighted by atomic mass is 16.3. The van der Waals surface area contributed by atoms with Gasteiger partial charge in [-0.1, -0.05) is 30.3 Å². The first kappa shape index (κ1) is 20.8. The Morgan fingerprint density at radius 3 is 2.62 bits per heavy atom. The Balaban J connectivity index is 1.43. The summed E-state index contributed by atoms with van der Waals surface area (Å²) in [5.74, 6) is 0.727. The van der Waals surface area contributed by atoms with Crippen molar-refractivity contribution in [2.45, 2.75) is 25.8 Å². The van der Waals surface area contributed by atoms with Crippen LogP contribution < -0.4 is 5.32 Å². The highest BCUT2D eigenvalue weighted by molar-refractivity contribution is 6.01. The van der Waals surface area contributed by atoms with Crippen LogP contribution >= 0.6 is 0 Å². The number of benzene rings is 2. The number of rotatable bonds is 5. The van der Waals surface area contributed by atoms with Gasteiger partial charge in [-0.05, 0) is 62.5 Å². The van der Waals surface area contributed by atoms with Crippen molar-refractivity contribution in [3.63, 3.8) is 0 Å². The average Bonchev–Trinajstić information content (AvgIpc) is 3.29. The number of carbonyl (C=O) groups is 2. The molecule has 32 heavy (non-hydrogen) atoms. The molecule has 2 aromatic carbocycles. The van der Waals surface area contributed by atoms with Crippen molar-refractivity contribution in [2.24, 2.45) is 5.92 Å². The standard InChI is InChI=1S/C26H29N3O3/c1-3-28(2)26(31)20-8-4-6-18(14-20)21-9-5-7-19-15-23(32-24(19)21)25(30)27-22-16-29-12-10-17(22)11-13-29/h4-9,14-15,17,22H,3,10-13,16H2,1-2H3,(H,27,30)/t22-/m0/s1. The number of fused-ring (bicyclic) bond motifs is 4. The molecule has 3 aliphatic rings. The number of hydrogen-bond acceptors (Lipinski definition) is 4. The lowest BCUT2D eigenvalue weighted by atomic mass is 9.84. The molecule has 6 rings (SSSR count). The molecular formula is C26H29N3O3. The zero-order valence-electron chi connectivity index (χ0n) is 18.6. The van der Waals surface area contributed by atoms with Crippen LogP contribution in [0.1, 0.15) is 40.7 Å². The number of nitrogens with zero attached hydrogens (tertiary/aromatic N) is 2. The minimum Gasteiger partial charge on any atom is -0.450 e. The van der Waals surface area contributed by atoms with Gasteiger partial charge in [0.2, 0.25) is 0 Å². The molecule has 6 heteroatoms. The maximum atomic E-state index is 13.0. The summed E-state index contributed by atoms with van der Waals surface area (Å²) in [4.78, 5) is 29.7. The summed E-state index contributed by atoms with van der Waals surface area (Å²) in [6.45, 7) is 5.80. The van der Waals surface area contributed by atoms with Gasteiger partial charge in [0.05, 0.1) is 0 Å². The molecule has 3 saturated heterocycles. The van der Waals surface area contributed by atoms with E-state index in [0.717, 1.165) is 49.0 Å². The normalized spacial score (nSPS) is 22.1. The molecular weight excluding hydrogens is 402 g/mol. The third-order valence-electron chi connectivity index (χ3n) is 6.98. The zero-order chi connectivity index (χ0) is 22.2. The Hall–Kier alpha value is -3.12. The summed E-state index contributed by atoms with van der Waals surface area (Å²) in [5.41, 5.74) is 3.07. The number of para-hydroxylation sites is 1. The molecule has 3 aromatic rings. The van der Waals surface area contributed by atoms with Crippen molar-refractivity contribution < 1.29 is 14.0 Å². The molecule has 4 heterocycles. The summed E-state index contributed by atoms with van der Waals surface area (Å²) in [6.07, 6.45) is 2.30. The van der Waals surface area contributed by atoms with Gasteiger partial charge in [-0.25, -0.2) is 0 Å². The second-order valence-electron chi connectivity index (χ2n) is 8.95. The first-order valence-electron chi connectivity index (χ1n) is 11.4. The van der Waals surface area contributed by atoms with E-state index >= 15 is 0 Å². The molecule has 1 N–H and O–H groups in total. The lowest BCUT2D eigenvalue weighted by molar-refractivity contribution is 0.0607. The molecule has 0 radical (unpaired) electrons. The predicted octanol–water partition coefficient (Wildman–Crippen LogP) is 4.02. The Kier molecular flexibility index (Phi) is 5.47. The fourth-order valence-corrected chi connectivity index (χ4v) is 4.95. The number of furan rings is 1. The molecule has 0 spiro atoms. The van der Waals surface area contributed by atoms with Crippen LogP contribution in [0, 0.1) is 5.92 Å². The molecule has 0 aliphatic carbocycles. The van der Waals surface area contributed by atoms with Gasteiger partial charge >= 0.3 is 0 Å². The van der Waals surface area contributed by atoms with Crippen molar-refractivity contribution in [2.75, 3.05) is 33.2 Å². The van der Waals surface area contributed by atoms with Gasteiger partial charge in [0.25, 0.3) is 11.8 Å². The maximum absolute atomic E-state index is 13.0. The molecule has 1 atom stereocenters. The molecule has 0 unspecified atom stereocenters. The van der Waals surface area contributed by atoms with E-state index in [-0.39, 0.29) is 17.9 Å². The van der Waals surface area contributed by atoms with Gasteiger partial charge < -0.3 is 19.5 Å². The molecule has 3 aliphatic heterocycles. The molecule has 2 amide bonds. The van der Waals surface area contributed by atoms with Gasteiger partial charge in [0, 0.05) is 42.7 Å². The van der Waals surface area contributed by atoms with Crippen molar-refractivity contribution >= 4 is 22.8 Å². The maximum Gasteiger partial charge on any atom is 0.287 e. The summed E-state index contributed by atoms with van der Waals surface area (Å²) >= 11 is 0. The Bertz CT molecular complexity index is 1160. The average molecular weight is 432 g/mol. The number of amides is 2. The lowest BCUT2D eigenvalue weighted by Crippen LogP contribution is -2.57. The summed E-state index contributed by atoms with van der Waals surface area (Å²) < 4.78 is 6.09. The number of carbonyl (C=O) groups excluding carboxylic acids is 2. The van der Waals surface area contributed by atoms with Gasteiger partial charge in [0.15, 0.2) is 5.76 Å². The number of nitrogens with one attached hydrogen (secondary N) is 1. The van der Waals surface area contributed by atoms with E-state index in [2.05, 4.69) is 10.2 Å². The number of piperidine rings is 3. The Labute approximate surface area is 188 Å². The van der Waals surface area contributed by atoms with Crippen LogP contribution in [0.25, 0.3) is 22.1 Å². The smallest absolute Gasteiger partial charge is 0.287 e. The lowest BCUT2D eigenvalue weighted by Gasteiger charge is -2.44. The van der Waals surface area contributed by atoms with Crippen LogP contribution in [0.15, 0.2) is 52.9 Å². The third kappa shape index (κ3) is 3.79. The SMILES string of the molecule is CCN(C)C(=O)c1cccc(-c2cccc3cc(C(=O)N[C@H]4CN5CCC4CC5)oc23)c1. The first-order valence-corrected chi connectivity index (χ1v) is 11.4. The van der Waals surface area contributed by atoms with E-state index in [1.165, 1.54) is 0 Å². The van der Waals surface area contributed by atoms with Crippen LogP contribution in [0.5, 0.6) is 0 Å². The summed E-state index contributed by atoms with van der Waals surface area (Å²) in [6, 6.07) is 15.4. The van der Waals surface area contributed by atoms with Crippen molar-refractivity contribution in [3.05, 3.63) is 59.9 Å². The zero-order valence-corrected chi connectivity index (χ0v) is 18.6. The van der Waals surface area contributed by atoms with E-state index in [0.29, 0.717) is 29.4 Å².